The van der Waals surface area contributed by atoms with Gasteiger partial charge in [-0.25, -0.2) is 0 Å². The first-order valence-electron chi connectivity index (χ1n) is 17.3. The molecule has 1 saturated heterocycles. The number of carbonyl (C=O) groups excluding carboxylic acids is 2. The summed E-state index contributed by atoms with van der Waals surface area (Å²) in [4.78, 5) is 43.1. The van der Waals surface area contributed by atoms with Crippen molar-refractivity contribution >= 4 is 17.5 Å². The molecule has 266 valence electrons. The van der Waals surface area contributed by atoms with E-state index in [0.717, 1.165) is 32.5 Å². The number of carbonyl (C=O) groups is 2. The largest absolute Gasteiger partial charge is 0.375 e. The molecule has 3 aromatic carbocycles. The summed E-state index contributed by atoms with van der Waals surface area (Å²) >= 11 is 0. The van der Waals surface area contributed by atoms with Crippen LogP contribution in [0.15, 0.2) is 113 Å². The van der Waals surface area contributed by atoms with Gasteiger partial charge in [-0.2, -0.15) is 0 Å². The number of hydrogen-bond donors (Lipinski definition) is 3. The molecule has 2 amide bonds. The predicted octanol–water partition coefficient (Wildman–Crippen LogP) is 5.60. The Labute approximate surface area is 297 Å². The highest BCUT2D eigenvalue weighted by molar-refractivity contribution is 6.03. The molecule has 1 fully saturated rings. The van der Waals surface area contributed by atoms with Gasteiger partial charge in [-0.3, -0.25) is 19.7 Å². The normalized spacial score (nSPS) is 17.3. The molecule has 13 nitrogen and oxygen atoms in total. The molecule has 2 aliphatic rings. The Bertz CT molecular complexity index is 1760. The Hall–Kier alpha value is -5.49. The number of allylic oxidation sites excluding steroid dienone is 1. The number of nitro benzene ring substituents is 1. The summed E-state index contributed by atoms with van der Waals surface area (Å²) in [5, 5.41) is 21.2. The number of ether oxygens (including phenoxy) is 1. The molecule has 1 atom stereocenters. The minimum Gasteiger partial charge on any atom is -0.375 e. The minimum absolute atomic E-state index is 0.0267. The van der Waals surface area contributed by atoms with Crippen LogP contribution in [0.1, 0.15) is 55.2 Å². The van der Waals surface area contributed by atoms with Crippen LogP contribution in [0.3, 0.4) is 0 Å². The molecular weight excluding hydrogens is 648 g/mol. The number of primary amides is 1. The van der Waals surface area contributed by atoms with Crippen LogP contribution in [0.25, 0.3) is 10.4 Å². The SMILES string of the molecule is CCC1=C(C(N)=O)C(c2ccc([N+](=O)[O-])cc2)C(C(=O)NCCCN2CCC(c3ccccc3)(c3ccccc3)CC2)=C(COCCN=[N+]=[N-])N1. The van der Waals surface area contributed by atoms with Crippen molar-refractivity contribution in [1.82, 2.24) is 15.5 Å². The highest BCUT2D eigenvalue weighted by atomic mass is 16.6. The van der Waals surface area contributed by atoms with E-state index in [1.54, 1.807) is 12.1 Å². The highest BCUT2D eigenvalue weighted by Crippen LogP contribution is 2.42. The number of nitrogens with two attached hydrogens (primary N) is 1. The van der Waals surface area contributed by atoms with E-state index in [1.165, 1.54) is 23.3 Å². The number of likely N-dealkylation sites (tertiary alicyclic amines) is 1. The molecule has 51 heavy (non-hydrogen) atoms. The summed E-state index contributed by atoms with van der Waals surface area (Å²) in [6.07, 6.45) is 3.07. The van der Waals surface area contributed by atoms with Gasteiger partial charge in [-0.15, -0.1) is 0 Å². The number of nitrogens with zero attached hydrogens (tertiary/aromatic N) is 5. The summed E-state index contributed by atoms with van der Waals surface area (Å²) in [7, 11) is 0. The predicted molar refractivity (Wildman–Crippen MR) is 194 cm³/mol. The molecule has 0 aliphatic carbocycles. The number of rotatable bonds is 16. The number of benzene rings is 3. The lowest BCUT2D eigenvalue weighted by atomic mass is 9.68. The summed E-state index contributed by atoms with van der Waals surface area (Å²) < 4.78 is 5.76. The molecule has 0 aromatic heterocycles. The smallest absolute Gasteiger partial charge is 0.269 e. The molecule has 5 rings (SSSR count). The maximum absolute atomic E-state index is 14.1. The van der Waals surface area contributed by atoms with Crippen molar-refractivity contribution in [3.63, 3.8) is 0 Å². The fourth-order valence-electron chi connectivity index (χ4n) is 7.22. The van der Waals surface area contributed by atoms with Gasteiger partial charge in [0.25, 0.3) is 5.69 Å². The van der Waals surface area contributed by atoms with Crippen molar-refractivity contribution in [2.75, 3.05) is 45.9 Å². The number of dihydropyridines is 1. The molecule has 0 bridgehead atoms. The van der Waals surface area contributed by atoms with Crippen LogP contribution in [-0.2, 0) is 19.7 Å². The summed E-state index contributed by atoms with van der Waals surface area (Å²) in [5.41, 5.74) is 19.0. The monoisotopic (exact) mass is 692 g/mol. The van der Waals surface area contributed by atoms with Gasteiger partial charge < -0.3 is 26.0 Å². The molecule has 4 N–H and O–H groups in total. The van der Waals surface area contributed by atoms with Crippen molar-refractivity contribution in [2.24, 2.45) is 10.8 Å². The Morgan fingerprint density at radius 2 is 1.65 bits per heavy atom. The van der Waals surface area contributed by atoms with Crippen LogP contribution in [0.4, 0.5) is 5.69 Å². The van der Waals surface area contributed by atoms with Crippen LogP contribution >= 0.6 is 0 Å². The zero-order valence-electron chi connectivity index (χ0n) is 28.8. The van der Waals surface area contributed by atoms with E-state index >= 15 is 0 Å². The third kappa shape index (κ3) is 8.64. The second kappa shape index (κ2) is 17.4. The third-order valence-corrected chi connectivity index (χ3v) is 9.77. The molecule has 2 aliphatic heterocycles. The topological polar surface area (TPSA) is 189 Å². The zero-order valence-corrected chi connectivity index (χ0v) is 28.8. The molecule has 0 radical (unpaired) electrons. The van der Waals surface area contributed by atoms with Crippen molar-refractivity contribution in [2.45, 2.75) is 43.9 Å². The van der Waals surface area contributed by atoms with Crippen molar-refractivity contribution in [1.29, 1.82) is 0 Å². The molecular formula is C38H44N8O5. The first kappa shape index (κ1) is 36.8. The lowest BCUT2D eigenvalue weighted by Gasteiger charge is -2.43. The zero-order chi connectivity index (χ0) is 36.2. The standard InChI is InChI=1S/C38H44N8O5/c1-2-31-34(36(39)47)33(27-14-16-30(17-15-27)46(49)50)35(32(43-31)26-51-25-21-42-44-40)37(48)41-20-9-22-45-23-18-38(19-24-45,28-10-5-3-6-11-28)29-12-7-4-8-13-29/h3-8,10-17,33,43H,2,9,18-26H2,1H3,(H2,39,47)(H,41,48). The molecule has 0 spiro atoms. The van der Waals surface area contributed by atoms with Gasteiger partial charge in [0.05, 0.1) is 29.4 Å². The molecule has 2 heterocycles. The fraction of sp³-hybridized carbons (Fsp3) is 0.368. The molecule has 1 unspecified atom stereocenters. The van der Waals surface area contributed by atoms with Crippen LogP contribution in [-0.4, -0.2) is 67.6 Å². The average molecular weight is 693 g/mol. The first-order valence-corrected chi connectivity index (χ1v) is 17.3. The number of nitro groups is 1. The number of non-ortho nitro benzene ring substituents is 1. The van der Waals surface area contributed by atoms with Gasteiger partial charge in [0.15, 0.2) is 0 Å². The minimum atomic E-state index is -0.888. The summed E-state index contributed by atoms with van der Waals surface area (Å²) in [6, 6.07) is 27.2. The Kier molecular flexibility index (Phi) is 12.6. The second-order valence-electron chi connectivity index (χ2n) is 12.7. The Balaban J connectivity index is 1.31. The van der Waals surface area contributed by atoms with E-state index < -0.39 is 22.7 Å². The van der Waals surface area contributed by atoms with E-state index in [1.807, 2.05) is 6.92 Å². The quantitative estimate of drug-likeness (QED) is 0.0435. The van der Waals surface area contributed by atoms with Gasteiger partial charge in [0, 0.05) is 52.7 Å². The second-order valence-corrected chi connectivity index (χ2v) is 12.7. The van der Waals surface area contributed by atoms with Crippen molar-refractivity contribution in [3.05, 3.63) is 145 Å². The number of piperidine rings is 1. The van der Waals surface area contributed by atoms with Gasteiger partial charge in [-0.1, -0.05) is 84.8 Å². The van der Waals surface area contributed by atoms with Gasteiger partial charge in [0.2, 0.25) is 11.8 Å². The van der Waals surface area contributed by atoms with Crippen molar-refractivity contribution in [3.8, 4) is 0 Å². The molecule has 3 aromatic rings. The fourth-order valence-corrected chi connectivity index (χ4v) is 7.22. The van der Waals surface area contributed by atoms with Gasteiger partial charge in [-0.05, 0) is 67.5 Å². The maximum Gasteiger partial charge on any atom is 0.269 e. The Morgan fingerprint density at radius 3 is 2.20 bits per heavy atom. The van der Waals surface area contributed by atoms with Gasteiger partial charge >= 0.3 is 0 Å². The van der Waals surface area contributed by atoms with E-state index in [2.05, 4.69) is 86.2 Å². The van der Waals surface area contributed by atoms with E-state index in [-0.39, 0.29) is 42.0 Å². The first-order chi connectivity index (χ1) is 24.8. The number of nitrogens with one attached hydrogen (secondary N) is 2. The maximum atomic E-state index is 14.1. The lowest BCUT2D eigenvalue weighted by molar-refractivity contribution is -0.384. The van der Waals surface area contributed by atoms with Crippen molar-refractivity contribution < 1.29 is 19.2 Å². The number of hydrogen-bond acceptors (Lipinski definition) is 8. The highest BCUT2D eigenvalue weighted by Gasteiger charge is 2.39. The van der Waals surface area contributed by atoms with Crippen LogP contribution in [0, 0.1) is 10.1 Å². The Morgan fingerprint density at radius 1 is 1.02 bits per heavy atom. The number of azide groups is 1. The average Bonchev–Trinajstić information content (AvgIpc) is 3.16. The third-order valence-electron chi connectivity index (χ3n) is 9.77. The van der Waals surface area contributed by atoms with Crippen LogP contribution in [0.5, 0.6) is 0 Å². The summed E-state index contributed by atoms with van der Waals surface area (Å²) in [5.74, 6) is -2.00. The number of amides is 2. The van der Waals surface area contributed by atoms with E-state index in [4.69, 9.17) is 16.0 Å². The lowest BCUT2D eigenvalue weighted by Crippen LogP contribution is -2.44. The molecule has 0 saturated carbocycles. The van der Waals surface area contributed by atoms with Crippen LogP contribution < -0.4 is 16.4 Å². The van der Waals surface area contributed by atoms with Crippen LogP contribution in [0.2, 0.25) is 0 Å². The summed E-state index contributed by atoms with van der Waals surface area (Å²) in [6.45, 7) is 5.06. The van der Waals surface area contributed by atoms with E-state index in [0.29, 0.717) is 36.3 Å². The van der Waals surface area contributed by atoms with E-state index in [9.17, 15) is 19.7 Å². The van der Waals surface area contributed by atoms with Gasteiger partial charge in [0.1, 0.15) is 0 Å². The molecule has 13 heteroatoms.